The summed E-state index contributed by atoms with van der Waals surface area (Å²) in [5, 5.41) is 0. The summed E-state index contributed by atoms with van der Waals surface area (Å²) in [5.41, 5.74) is 0. The molecule has 0 radical (unpaired) electrons. The van der Waals surface area contributed by atoms with E-state index in [0.717, 1.165) is 11.8 Å². The summed E-state index contributed by atoms with van der Waals surface area (Å²) in [6.07, 6.45) is 5.55. The Hall–Kier alpha value is 0.177. The van der Waals surface area contributed by atoms with Gasteiger partial charge >= 0.3 is 0 Å². The van der Waals surface area contributed by atoms with Gasteiger partial charge in [-0.1, -0.05) is 19.4 Å². The highest BCUT2D eigenvalue weighted by molar-refractivity contribution is 6.08. The second-order valence-corrected chi connectivity index (χ2v) is 5.21. The first-order valence-electron chi connectivity index (χ1n) is 4.96. The molecule has 2 aliphatic rings. The van der Waals surface area contributed by atoms with Crippen LogP contribution in [-0.2, 0) is 4.74 Å². The van der Waals surface area contributed by atoms with Crippen LogP contribution in [0.5, 0.6) is 0 Å². The van der Waals surface area contributed by atoms with E-state index in [-0.39, 0.29) is 0 Å². The van der Waals surface area contributed by atoms with E-state index in [2.05, 4.69) is 6.92 Å². The molecule has 0 amide bonds. The fourth-order valence-electron chi connectivity index (χ4n) is 2.46. The van der Waals surface area contributed by atoms with Crippen molar-refractivity contribution in [2.24, 2.45) is 11.8 Å². The highest BCUT2D eigenvalue weighted by Gasteiger charge is 2.46. The molecule has 2 heteroatoms. The van der Waals surface area contributed by atoms with Crippen LogP contribution in [0.2, 0.25) is 6.04 Å². The molecule has 0 spiro atoms. The lowest BCUT2D eigenvalue weighted by molar-refractivity contribution is 0.277. The van der Waals surface area contributed by atoms with E-state index in [4.69, 9.17) is 4.74 Å². The van der Waals surface area contributed by atoms with Gasteiger partial charge in [0, 0.05) is 10.2 Å². The molecule has 11 heavy (non-hydrogen) atoms. The van der Waals surface area contributed by atoms with Gasteiger partial charge in [-0.3, -0.25) is 0 Å². The maximum Gasteiger partial charge on any atom is 0.0844 e. The third-order valence-electron chi connectivity index (χ3n) is 3.29. The summed E-state index contributed by atoms with van der Waals surface area (Å²) in [6, 6.07) is 1.48. The van der Waals surface area contributed by atoms with Crippen LogP contribution < -0.4 is 0 Å². The predicted octanol–water partition coefficient (Wildman–Crippen LogP) is 0.974. The average Bonchev–Trinajstić information content (AvgIpc) is 2.67. The highest BCUT2D eigenvalue weighted by Crippen LogP contribution is 2.43. The molecule has 1 saturated carbocycles. The molecule has 64 valence electrons. The Balaban J connectivity index is 1.87. The second-order valence-electron chi connectivity index (χ2n) is 4.21. The van der Waals surface area contributed by atoms with Crippen molar-refractivity contribution in [2.45, 2.75) is 44.4 Å². The Kier molecular flexibility index (Phi) is 2.06. The number of epoxide rings is 1. The second kappa shape index (κ2) is 2.90. The maximum atomic E-state index is 5.54. The van der Waals surface area contributed by atoms with E-state index < -0.39 is 0 Å². The summed E-state index contributed by atoms with van der Waals surface area (Å²) >= 11 is 0. The maximum absolute atomic E-state index is 5.54. The summed E-state index contributed by atoms with van der Waals surface area (Å²) in [7, 11) is 1.38. The molecule has 2 fully saturated rings. The minimum atomic E-state index is 0.676. The quantitative estimate of drug-likeness (QED) is 0.444. The third kappa shape index (κ3) is 1.52. The topological polar surface area (TPSA) is 12.5 Å². The van der Waals surface area contributed by atoms with Gasteiger partial charge in [0.25, 0.3) is 0 Å². The smallest absolute Gasteiger partial charge is 0.0844 e. The van der Waals surface area contributed by atoms with Crippen LogP contribution in [0.3, 0.4) is 0 Å². The molecular formula is C9H18OSi. The monoisotopic (exact) mass is 170 g/mol. The van der Waals surface area contributed by atoms with E-state index >= 15 is 0 Å². The van der Waals surface area contributed by atoms with E-state index in [0.29, 0.717) is 12.2 Å². The molecule has 0 N–H and O–H groups in total. The Morgan fingerprint density at radius 2 is 2.09 bits per heavy atom. The van der Waals surface area contributed by atoms with Crippen LogP contribution >= 0.6 is 0 Å². The first-order chi connectivity index (χ1) is 5.31. The average molecular weight is 170 g/mol. The number of hydrogen-bond donors (Lipinski definition) is 0. The molecule has 4 unspecified atom stereocenters. The molecule has 0 aromatic rings. The van der Waals surface area contributed by atoms with E-state index in [9.17, 15) is 0 Å². The minimum Gasteiger partial charge on any atom is -0.370 e. The molecule has 1 saturated heterocycles. The Morgan fingerprint density at radius 3 is 2.82 bits per heavy atom. The van der Waals surface area contributed by atoms with Crippen LogP contribution in [0.1, 0.15) is 26.2 Å². The van der Waals surface area contributed by atoms with Crippen molar-refractivity contribution in [1.29, 1.82) is 0 Å². The van der Waals surface area contributed by atoms with Gasteiger partial charge in [-0.25, -0.2) is 0 Å². The van der Waals surface area contributed by atoms with Crippen LogP contribution in [0, 0.1) is 11.8 Å². The molecule has 0 bridgehead atoms. The van der Waals surface area contributed by atoms with Gasteiger partial charge in [-0.15, -0.1) is 0 Å². The molecule has 0 aromatic heterocycles. The van der Waals surface area contributed by atoms with Crippen molar-refractivity contribution in [3.05, 3.63) is 0 Å². The minimum absolute atomic E-state index is 0.676. The molecule has 4 atom stereocenters. The van der Waals surface area contributed by atoms with Gasteiger partial charge in [-0.2, -0.15) is 0 Å². The molecule has 1 aliphatic carbocycles. The van der Waals surface area contributed by atoms with Gasteiger partial charge in [0.15, 0.2) is 0 Å². The summed E-state index contributed by atoms with van der Waals surface area (Å²) < 4.78 is 5.54. The van der Waals surface area contributed by atoms with E-state index in [1.807, 2.05) is 0 Å². The lowest BCUT2D eigenvalue weighted by Gasteiger charge is -2.25. The van der Waals surface area contributed by atoms with Gasteiger partial charge < -0.3 is 4.74 Å². The first-order valence-corrected chi connectivity index (χ1v) is 6.38. The van der Waals surface area contributed by atoms with Crippen molar-refractivity contribution in [1.82, 2.24) is 0 Å². The molecule has 1 aliphatic heterocycles. The summed E-state index contributed by atoms with van der Waals surface area (Å²) in [6.45, 7) is 2.40. The van der Waals surface area contributed by atoms with Crippen molar-refractivity contribution in [2.75, 3.05) is 0 Å². The van der Waals surface area contributed by atoms with Gasteiger partial charge in [0.2, 0.25) is 0 Å². The standard InChI is InChI=1S/C9H18OSi/c1-6-4-8-9(10-8)5-7(6)2-3-11/h6-9H,2-5H2,1,11H3. The Labute approximate surface area is 71.9 Å². The van der Waals surface area contributed by atoms with E-state index in [1.165, 1.54) is 35.5 Å². The molecule has 1 heterocycles. The van der Waals surface area contributed by atoms with Crippen LogP contribution in [0.15, 0.2) is 0 Å². The number of hydrogen-bond acceptors (Lipinski definition) is 1. The van der Waals surface area contributed by atoms with Gasteiger partial charge in [0.1, 0.15) is 0 Å². The fourth-order valence-corrected chi connectivity index (χ4v) is 3.20. The zero-order valence-corrected chi connectivity index (χ0v) is 9.55. The predicted molar refractivity (Wildman–Crippen MR) is 49.9 cm³/mol. The van der Waals surface area contributed by atoms with Crippen LogP contribution in [0.25, 0.3) is 0 Å². The molecule has 1 nitrogen and oxygen atoms in total. The van der Waals surface area contributed by atoms with Crippen molar-refractivity contribution in [3.8, 4) is 0 Å². The molecular weight excluding hydrogens is 152 g/mol. The Morgan fingerprint density at radius 1 is 1.36 bits per heavy atom. The highest BCUT2D eigenvalue weighted by atomic mass is 28.1. The number of fused-ring (bicyclic) bond motifs is 1. The van der Waals surface area contributed by atoms with Gasteiger partial charge in [0.05, 0.1) is 12.2 Å². The summed E-state index contributed by atoms with van der Waals surface area (Å²) in [5.74, 6) is 1.93. The third-order valence-corrected chi connectivity index (χ3v) is 3.87. The lowest BCUT2D eigenvalue weighted by atomic mass is 9.79. The number of rotatable bonds is 2. The SMILES string of the molecule is CC1CC2OC2CC1CC[SiH3]. The van der Waals surface area contributed by atoms with E-state index in [1.54, 1.807) is 0 Å². The first kappa shape index (κ1) is 7.81. The largest absolute Gasteiger partial charge is 0.370 e. The van der Waals surface area contributed by atoms with Crippen LogP contribution in [0.4, 0.5) is 0 Å². The van der Waals surface area contributed by atoms with Crippen molar-refractivity contribution in [3.63, 3.8) is 0 Å². The van der Waals surface area contributed by atoms with Crippen molar-refractivity contribution < 1.29 is 4.74 Å². The zero-order chi connectivity index (χ0) is 7.84. The zero-order valence-electron chi connectivity index (χ0n) is 7.55. The normalized spacial score (nSPS) is 48.8. The Bertz CT molecular complexity index is 148. The van der Waals surface area contributed by atoms with Gasteiger partial charge in [-0.05, 0) is 24.7 Å². The molecule has 0 aromatic carbocycles. The summed E-state index contributed by atoms with van der Waals surface area (Å²) in [4.78, 5) is 0. The lowest BCUT2D eigenvalue weighted by Crippen LogP contribution is -2.21. The molecule has 2 rings (SSSR count). The van der Waals surface area contributed by atoms with Crippen LogP contribution in [-0.4, -0.2) is 22.5 Å². The fraction of sp³-hybridized carbons (Fsp3) is 1.00. The van der Waals surface area contributed by atoms with Crippen molar-refractivity contribution >= 4 is 10.2 Å². The number of ether oxygens (including phenoxy) is 1.